The molecule has 0 spiro atoms. The van der Waals surface area contributed by atoms with Gasteiger partial charge in [-0.25, -0.2) is 4.98 Å². The first kappa shape index (κ1) is 13.5. The normalized spacial score (nSPS) is 17.1. The Labute approximate surface area is 112 Å². The van der Waals surface area contributed by atoms with E-state index in [4.69, 9.17) is 5.73 Å². The topological polar surface area (TPSA) is 59.2 Å². The van der Waals surface area contributed by atoms with Crippen LogP contribution in [0.4, 0.5) is 0 Å². The molecule has 1 aliphatic heterocycles. The molecule has 1 aromatic heterocycles. The fraction of sp³-hybridized carbons (Fsp3) is 0.692. The van der Waals surface area contributed by atoms with Gasteiger partial charge in [-0.15, -0.1) is 11.3 Å². The summed E-state index contributed by atoms with van der Waals surface area (Å²) in [6.07, 6.45) is 3.50. The standard InChI is InChI=1S/C13H21N3OS/c1-10-3-6-16(7-4-10)13(17)8-12-15-11(2-5-14)9-18-12/h9-10H,2-8,14H2,1H3. The van der Waals surface area contributed by atoms with Crippen LogP contribution in [0.5, 0.6) is 0 Å². The molecule has 2 rings (SSSR count). The second-order valence-electron chi connectivity index (χ2n) is 5.01. The SMILES string of the molecule is CC1CCN(C(=O)Cc2nc(CCN)cs2)CC1. The van der Waals surface area contributed by atoms with Crippen LogP contribution < -0.4 is 5.73 Å². The van der Waals surface area contributed by atoms with E-state index in [0.717, 1.165) is 49.0 Å². The summed E-state index contributed by atoms with van der Waals surface area (Å²) >= 11 is 1.57. The highest BCUT2D eigenvalue weighted by molar-refractivity contribution is 7.09. The number of rotatable bonds is 4. The average molecular weight is 267 g/mol. The second kappa shape index (κ2) is 6.29. The largest absolute Gasteiger partial charge is 0.342 e. The molecule has 2 N–H and O–H groups in total. The van der Waals surface area contributed by atoms with Crippen molar-refractivity contribution < 1.29 is 4.79 Å². The van der Waals surface area contributed by atoms with Crippen molar-refractivity contribution in [3.05, 3.63) is 16.1 Å². The molecule has 0 unspecified atom stereocenters. The number of hydrogen-bond donors (Lipinski definition) is 1. The van der Waals surface area contributed by atoms with Crippen molar-refractivity contribution in [3.63, 3.8) is 0 Å². The Morgan fingerprint density at radius 3 is 2.94 bits per heavy atom. The van der Waals surface area contributed by atoms with Crippen LogP contribution in [-0.4, -0.2) is 35.4 Å². The Balaban J connectivity index is 1.86. The van der Waals surface area contributed by atoms with Crippen LogP contribution in [0.25, 0.3) is 0 Å². The van der Waals surface area contributed by atoms with Gasteiger partial charge in [-0.1, -0.05) is 6.92 Å². The number of likely N-dealkylation sites (tertiary alicyclic amines) is 1. The van der Waals surface area contributed by atoms with Gasteiger partial charge in [0.2, 0.25) is 5.91 Å². The molecule has 0 radical (unpaired) electrons. The molecule has 1 fully saturated rings. The van der Waals surface area contributed by atoms with Crippen molar-refractivity contribution in [1.29, 1.82) is 0 Å². The van der Waals surface area contributed by atoms with Gasteiger partial charge < -0.3 is 10.6 Å². The van der Waals surface area contributed by atoms with Gasteiger partial charge >= 0.3 is 0 Å². The molecule has 5 heteroatoms. The molecule has 1 amide bonds. The van der Waals surface area contributed by atoms with E-state index in [2.05, 4.69) is 11.9 Å². The number of nitrogens with two attached hydrogens (primary N) is 1. The quantitative estimate of drug-likeness (QED) is 0.898. The summed E-state index contributed by atoms with van der Waals surface area (Å²) in [6, 6.07) is 0. The first-order valence-corrected chi connectivity index (χ1v) is 7.48. The van der Waals surface area contributed by atoms with Crippen molar-refractivity contribution in [2.75, 3.05) is 19.6 Å². The molecule has 100 valence electrons. The van der Waals surface area contributed by atoms with Gasteiger partial charge in [0, 0.05) is 24.9 Å². The summed E-state index contributed by atoms with van der Waals surface area (Å²) < 4.78 is 0. The third-order valence-electron chi connectivity index (χ3n) is 3.44. The van der Waals surface area contributed by atoms with E-state index < -0.39 is 0 Å². The van der Waals surface area contributed by atoms with Crippen molar-refractivity contribution in [1.82, 2.24) is 9.88 Å². The molecule has 0 aliphatic carbocycles. The molecule has 1 aromatic rings. The van der Waals surface area contributed by atoms with Crippen LogP contribution in [0, 0.1) is 5.92 Å². The van der Waals surface area contributed by atoms with Gasteiger partial charge in [-0.2, -0.15) is 0 Å². The van der Waals surface area contributed by atoms with E-state index in [-0.39, 0.29) is 5.91 Å². The molecule has 18 heavy (non-hydrogen) atoms. The molecule has 1 saturated heterocycles. The Bertz CT molecular complexity index is 397. The van der Waals surface area contributed by atoms with Crippen molar-refractivity contribution >= 4 is 17.2 Å². The van der Waals surface area contributed by atoms with Crippen LogP contribution in [0.1, 0.15) is 30.5 Å². The number of aromatic nitrogens is 1. The van der Waals surface area contributed by atoms with Crippen LogP contribution >= 0.6 is 11.3 Å². The van der Waals surface area contributed by atoms with Crippen LogP contribution in [0.3, 0.4) is 0 Å². The third-order valence-corrected chi connectivity index (χ3v) is 4.34. The van der Waals surface area contributed by atoms with Gasteiger partial charge in [0.1, 0.15) is 5.01 Å². The zero-order valence-electron chi connectivity index (χ0n) is 10.9. The lowest BCUT2D eigenvalue weighted by Crippen LogP contribution is -2.38. The molecule has 0 saturated carbocycles. The van der Waals surface area contributed by atoms with Gasteiger partial charge in [0.15, 0.2) is 0 Å². The minimum Gasteiger partial charge on any atom is -0.342 e. The van der Waals surface area contributed by atoms with Crippen molar-refractivity contribution in [2.45, 2.75) is 32.6 Å². The summed E-state index contributed by atoms with van der Waals surface area (Å²) in [5.74, 6) is 0.973. The fourth-order valence-corrected chi connectivity index (χ4v) is 3.01. The zero-order chi connectivity index (χ0) is 13.0. The van der Waals surface area contributed by atoms with Gasteiger partial charge in [-0.3, -0.25) is 4.79 Å². The zero-order valence-corrected chi connectivity index (χ0v) is 11.7. The predicted molar refractivity (Wildman–Crippen MR) is 73.6 cm³/mol. The maximum absolute atomic E-state index is 12.1. The summed E-state index contributed by atoms with van der Waals surface area (Å²) in [5.41, 5.74) is 6.50. The van der Waals surface area contributed by atoms with Crippen LogP contribution in [0.15, 0.2) is 5.38 Å². The van der Waals surface area contributed by atoms with E-state index in [1.807, 2.05) is 10.3 Å². The highest BCUT2D eigenvalue weighted by Gasteiger charge is 2.21. The Hall–Kier alpha value is -0.940. The Morgan fingerprint density at radius 2 is 2.28 bits per heavy atom. The maximum atomic E-state index is 12.1. The van der Waals surface area contributed by atoms with Crippen LogP contribution in [0.2, 0.25) is 0 Å². The minimum atomic E-state index is 0.218. The highest BCUT2D eigenvalue weighted by Crippen LogP contribution is 2.18. The predicted octanol–water partition coefficient (Wildman–Crippen LogP) is 1.45. The summed E-state index contributed by atoms with van der Waals surface area (Å²) in [4.78, 5) is 18.5. The third kappa shape index (κ3) is 3.53. The molecule has 1 aliphatic rings. The molecule has 0 aromatic carbocycles. The lowest BCUT2D eigenvalue weighted by molar-refractivity contribution is -0.131. The summed E-state index contributed by atoms with van der Waals surface area (Å²) in [6.45, 7) is 4.67. The van der Waals surface area contributed by atoms with E-state index in [1.54, 1.807) is 11.3 Å². The highest BCUT2D eigenvalue weighted by atomic mass is 32.1. The molecular weight excluding hydrogens is 246 g/mol. The van der Waals surface area contributed by atoms with E-state index in [0.29, 0.717) is 13.0 Å². The fourth-order valence-electron chi connectivity index (χ4n) is 2.19. The van der Waals surface area contributed by atoms with Gasteiger partial charge in [0.25, 0.3) is 0 Å². The van der Waals surface area contributed by atoms with E-state index >= 15 is 0 Å². The lowest BCUT2D eigenvalue weighted by Gasteiger charge is -2.30. The monoisotopic (exact) mass is 267 g/mol. The number of piperidine rings is 1. The van der Waals surface area contributed by atoms with Crippen LogP contribution in [-0.2, 0) is 17.6 Å². The number of carbonyl (C=O) groups excluding carboxylic acids is 1. The smallest absolute Gasteiger partial charge is 0.229 e. The Morgan fingerprint density at radius 1 is 1.56 bits per heavy atom. The molecule has 2 heterocycles. The van der Waals surface area contributed by atoms with Gasteiger partial charge in [-0.05, 0) is 25.3 Å². The first-order chi connectivity index (χ1) is 8.69. The molecule has 0 bridgehead atoms. The number of thiazole rings is 1. The molecule has 0 atom stereocenters. The number of nitrogens with zero attached hydrogens (tertiary/aromatic N) is 2. The number of carbonyl (C=O) groups is 1. The van der Waals surface area contributed by atoms with E-state index in [9.17, 15) is 4.79 Å². The molecule has 4 nitrogen and oxygen atoms in total. The van der Waals surface area contributed by atoms with E-state index in [1.165, 1.54) is 0 Å². The average Bonchev–Trinajstić information content (AvgIpc) is 2.78. The summed E-state index contributed by atoms with van der Waals surface area (Å²) in [5, 5.41) is 2.93. The van der Waals surface area contributed by atoms with Crippen molar-refractivity contribution in [3.8, 4) is 0 Å². The number of amides is 1. The van der Waals surface area contributed by atoms with Crippen molar-refractivity contribution in [2.24, 2.45) is 11.7 Å². The first-order valence-electron chi connectivity index (χ1n) is 6.60. The summed E-state index contributed by atoms with van der Waals surface area (Å²) in [7, 11) is 0. The Kier molecular flexibility index (Phi) is 4.72. The van der Waals surface area contributed by atoms with Gasteiger partial charge in [0.05, 0.1) is 12.1 Å². The maximum Gasteiger partial charge on any atom is 0.229 e. The minimum absolute atomic E-state index is 0.218. The lowest BCUT2D eigenvalue weighted by atomic mass is 9.99. The molecular formula is C13H21N3OS. The second-order valence-corrected chi connectivity index (χ2v) is 5.95. The number of hydrogen-bond acceptors (Lipinski definition) is 4.